The molecule has 4 heterocycles. The summed E-state index contributed by atoms with van der Waals surface area (Å²) in [5.41, 5.74) is 15.4. The first-order valence-electron chi connectivity index (χ1n) is 9.97. The third kappa shape index (κ3) is 4.79. The lowest BCUT2D eigenvalue weighted by Gasteiger charge is -2.33. The van der Waals surface area contributed by atoms with Gasteiger partial charge >= 0.3 is 0 Å². The number of Topliss-reactive ketones (excluding diaryl/α,β-unsaturated/α-hetero) is 1. The van der Waals surface area contributed by atoms with Crippen LogP contribution in [0.15, 0.2) is 42.9 Å². The second-order valence-electron chi connectivity index (χ2n) is 7.57. The molecule has 0 aliphatic carbocycles. The van der Waals surface area contributed by atoms with Gasteiger partial charge in [0.25, 0.3) is 0 Å². The number of carbonyl (C=O) groups is 1. The molecule has 0 spiro atoms. The molecular formula is C22H22Cl2N6O. The molecule has 1 fully saturated rings. The molecule has 1 atom stereocenters. The number of rotatable bonds is 5. The highest BCUT2D eigenvalue weighted by molar-refractivity contribution is 6.36. The Labute approximate surface area is 190 Å². The van der Waals surface area contributed by atoms with E-state index in [-0.39, 0.29) is 23.9 Å². The van der Waals surface area contributed by atoms with Crippen LogP contribution >= 0.6 is 23.2 Å². The summed E-state index contributed by atoms with van der Waals surface area (Å²) in [5, 5.41) is 0.765. The van der Waals surface area contributed by atoms with Crippen LogP contribution in [0, 0.1) is 0 Å². The van der Waals surface area contributed by atoms with E-state index in [9.17, 15) is 4.79 Å². The van der Waals surface area contributed by atoms with Crippen LogP contribution in [-0.4, -0.2) is 39.9 Å². The maximum Gasteiger partial charge on any atom is 0.187 e. The molecule has 1 aliphatic rings. The fraction of sp³-hybridized carbons (Fsp3) is 0.273. The van der Waals surface area contributed by atoms with Crippen molar-refractivity contribution in [2.45, 2.75) is 25.3 Å². The summed E-state index contributed by atoms with van der Waals surface area (Å²) in [6.07, 6.45) is 7.06. The lowest BCUT2D eigenvalue weighted by Crippen LogP contribution is -2.43. The first kappa shape index (κ1) is 21.5. The van der Waals surface area contributed by atoms with Crippen LogP contribution in [0.3, 0.4) is 0 Å². The number of pyridine rings is 3. The number of anilines is 2. The standard InChI is InChI=1S/C22H22Cl2N6O/c23-14-9-16(24)21(28-11-14)18-4-3-17(26)22(29-18)20(31)8-13-10-27-6-5-19(13)30-7-1-2-15(25)12-30/h3-6,9-11,15H,1-2,7-8,12,25-26H2/t15-/m0/s1. The SMILES string of the molecule is Nc1ccc(-c2ncc(Cl)cc2Cl)nc1C(=O)Cc1cnccc1N1CCC[C@H](N)C1. The number of nitrogens with two attached hydrogens (primary N) is 2. The summed E-state index contributed by atoms with van der Waals surface area (Å²) >= 11 is 12.2. The highest BCUT2D eigenvalue weighted by Gasteiger charge is 2.22. The van der Waals surface area contributed by atoms with Crippen molar-refractivity contribution in [3.63, 3.8) is 0 Å². The van der Waals surface area contributed by atoms with E-state index in [1.54, 1.807) is 30.6 Å². The minimum atomic E-state index is -0.208. The van der Waals surface area contributed by atoms with Crippen molar-refractivity contribution in [3.8, 4) is 11.4 Å². The molecule has 160 valence electrons. The Morgan fingerprint density at radius 3 is 2.84 bits per heavy atom. The Morgan fingerprint density at radius 1 is 1.23 bits per heavy atom. The van der Waals surface area contributed by atoms with Gasteiger partial charge in [0.15, 0.2) is 5.78 Å². The third-order valence-corrected chi connectivity index (χ3v) is 5.76. The van der Waals surface area contributed by atoms with E-state index in [2.05, 4.69) is 19.9 Å². The second-order valence-corrected chi connectivity index (χ2v) is 8.41. The molecular weight excluding hydrogens is 435 g/mol. The Kier molecular flexibility index (Phi) is 6.36. The fourth-order valence-corrected chi connectivity index (χ4v) is 4.26. The number of carbonyl (C=O) groups excluding carboxylic acids is 1. The average molecular weight is 457 g/mol. The summed E-state index contributed by atoms with van der Waals surface area (Å²) < 4.78 is 0. The van der Waals surface area contributed by atoms with E-state index >= 15 is 0 Å². The van der Waals surface area contributed by atoms with Gasteiger partial charge in [-0.15, -0.1) is 0 Å². The van der Waals surface area contributed by atoms with Crippen molar-refractivity contribution < 1.29 is 4.79 Å². The molecule has 7 nitrogen and oxygen atoms in total. The van der Waals surface area contributed by atoms with Gasteiger partial charge in [0.1, 0.15) is 11.4 Å². The van der Waals surface area contributed by atoms with Crippen molar-refractivity contribution in [1.29, 1.82) is 0 Å². The van der Waals surface area contributed by atoms with E-state index in [1.165, 1.54) is 6.20 Å². The molecule has 4 N–H and O–H groups in total. The molecule has 0 aromatic carbocycles. The average Bonchev–Trinajstić information content (AvgIpc) is 2.75. The predicted molar refractivity (Wildman–Crippen MR) is 124 cm³/mol. The van der Waals surface area contributed by atoms with Gasteiger partial charge in [-0.05, 0) is 37.1 Å². The molecule has 0 unspecified atom stereocenters. The quantitative estimate of drug-likeness (QED) is 0.561. The van der Waals surface area contributed by atoms with E-state index in [0.29, 0.717) is 27.1 Å². The van der Waals surface area contributed by atoms with E-state index in [1.807, 2.05) is 6.07 Å². The summed E-state index contributed by atoms with van der Waals surface area (Å²) in [5.74, 6) is -0.208. The van der Waals surface area contributed by atoms with E-state index < -0.39 is 0 Å². The van der Waals surface area contributed by atoms with Crippen molar-refractivity contribution in [1.82, 2.24) is 15.0 Å². The fourth-order valence-electron chi connectivity index (χ4n) is 3.78. The summed E-state index contributed by atoms with van der Waals surface area (Å²) in [6.45, 7) is 1.65. The molecule has 0 bridgehead atoms. The minimum Gasteiger partial charge on any atom is -0.397 e. The summed E-state index contributed by atoms with van der Waals surface area (Å²) in [4.78, 5) is 28.3. The van der Waals surface area contributed by atoms with Gasteiger partial charge in [0.2, 0.25) is 0 Å². The number of piperidine rings is 1. The number of hydrogen-bond donors (Lipinski definition) is 2. The summed E-state index contributed by atoms with van der Waals surface area (Å²) in [7, 11) is 0. The molecule has 0 radical (unpaired) electrons. The normalized spacial score (nSPS) is 16.4. The van der Waals surface area contributed by atoms with Gasteiger partial charge in [-0.3, -0.25) is 14.8 Å². The highest BCUT2D eigenvalue weighted by Crippen LogP contribution is 2.29. The van der Waals surface area contributed by atoms with Gasteiger partial charge in [0.05, 0.1) is 21.4 Å². The first-order chi connectivity index (χ1) is 14.9. The second kappa shape index (κ2) is 9.18. The van der Waals surface area contributed by atoms with Crippen LogP contribution in [0.5, 0.6) is 0 Å². The zero-order chi connectivity index (χ0) is 22.0. The van der Waals surface area contributed by atoms with Crippen LogP contribution in [-0.2, 0) is 6.42 Å². The highest BCUT2D eigenvalue weighted by atomic mass is 35.5. The van der Waals surface area contributed by atoms with Crippen LogP contribution in [0.4, 0.5) is 11.4 Å². The zero-order valence-corrected chi connectivity index (χ0v) is 18.3. The smallest absolute Gasteiger partial charge is 0.187 e. The van der Waals surface area contributed by atoms with Crippen LogP contribution in [0.25, 0.3) is 11.4 Å². The van der Waals surface area contributed by atoms with Gasteiger partial charge in [-0.25, -0.2) is 4.98 Å². The van der Waals surface area contributed by atoms with Gasteiger partial charge < -0.3 is 16.4 Å². The van der Waals surface area contributed by atoms with Crippen molar-refractivity contribution >= 4 is 40.4 Å². The topological polar surface area (TPSA) is 111 Å². The predicted octanol–water partition coefficient (Wildman–Crippen LogP) is 3.78. The Morgan fingerprint density at radius 2 is 2.06 bits per heavy atom. The molecule has 0 amide bonds. The molecule has 31 heavy (non-hydrogen) atoms. The Balaban J connectivity index is 1.63. The van der Waals surface area contributed by atoms with Crippen LogP contribution in [0.1, 0.15) is 28.9 Å². The molecule has 1 saturated heterocycles. The monoisotopic (exact) mass is 456 g/mol. The maximum atomic E-state index is 13.2. The van der Waals surface area contributed by atoms with E-state index in [0.717, 1.165) is 37.2 Å². The summed E-state index contributed by atoms with van der Waals surface area (Å²) in [6, 6.07) is 6.94. The molecule has 3 aromatic rings. The van der Waals surface area contributed by atoms with Gasteiger partial charge in [0, 0.05) is 55.4 Å². The van der Waals surface area contributed by atoms with Gasteiger partial charge in [-0.1, -0.05) is 23.2 Å². The minimum absolute atomic E-state index is 0.121. The number of nitrogen functional groups attached to an aromatic ring is 1. The molecule has 0 saturated carbocycles. The number of aromatic nitrogens is 3. The van der Waals surface area contributed by atoms with Gasteiger partial charge in [-0.2, -0.15) is 0 Å². The van der Waals surface area contributed by atoms with Crippen LogP contribution < -0.4 is 16.4 Å². The third-order valence-electron chi connectivity index (χ3n) is 5.27. The number of ketones is 1. The number of nitrogens with zero attached hydrogens (tertiary/aromatic N) is 4. The number of halogens is 2. The lowest BCUT2D eigenvalue weighted by atomic mass is 10.0. The Hall–Kier alpha value is -2.74. The molecule has 3 aromatic heterocycles. The van der Waals surface area contributed by atoms with Crippen LogP contribution in [0.2, 0.25) is 10.0 Å². The molecule has 9 heteroatoms. The van der Waals surface area contributed by atoms with Crippen molar-refractivity contribution in [2.24, 2.45) is 5.73 Å². The number of hydrogen-bond acceptors (Lipinski definition) is 7. The maximum absolute atomic E-state index is 13.2. The van der Waals surface area contributed by atoms with E-state index in [4.69, 9.17) is 34.7 Å². The largest absolute Gasteiger partial charge is 0.397 e. The van der Waals surface area contributed by atoms with Crippen molar-refractivity contribution in [2.75, 3.05) is 23.7 Å². The Bertz CT molecular complexity index is 1120. The van der Waals surface area contributed by atoms with Crippen molar-refractivity contribution in [3.05, 3.63) is 64.2 Å². The lowest BCUT2D eigenvalue weighted by molar-refractivity contribution is 0.0989. The zero-order valence-electron chi connectivity index (χ0n) is 16.8. The first-order valence-corrected chi connectivity index (χ1v) is 10.7. The molecule has 1 aliphatic heterocycles. The molecule has 4 rings (SSSR count).